The molecule has 0 aliphatic carbocycles. The number of carbonyl (C=O) groups is 1. The first kappa shape index (κ1) is 10.5. The summed E-state index contributed by atoms with van der Waals surface area (Å²) in [5.74, 6) is -1.93. The molecule has 1 aromatic carbocycles. The van der Waals surface area contributed by atoms with Crippen LogP contribution in [0.25, 0.3) is 0 Å². The Bertz CT molecular complexity index is 354. The molecular weight excluding hydrogens is 311 g/mol. The molecule has 0 spiro atoms. The van der Waals surface area contributed by atoms with E-state index in [1.165, 1.54) is 6.07 Å². The van der Waals surface area contributed by atoms with Gasteiger partial charge >= 0.3 is 0 Å². The highest BCUT2D eigenvalue weighted by Crippen LogP contribution is 2.38. The number of hydrogen-bond acceptors (Lipinski definition) is 3. The van der Waals surface area contributed by atoms with E-state index in [0.717, 1.165) is 0 Å². The minimum Gasteiger partial charge on any atom is -0.504 e. The highest BCUT2D eigenvalue weighted by Gasteiger charge is 2.16. The average Bonchev–Trinajstić information content (AvgIpc) is 2.09. The van der Waals surface area contributed by atoms with Crippen LogP contribution < -0.4 is 4.74 Å². The normalized spacial score (nSPS) is 9.77. The SMILES string of the molecule is O=COc1c(Br)cc(Br)c(O)c1F. The Kier molecular flexibility index (Phi) is 3.27. The van der Waals surface area contributed by atoms with Gasteiger partial charge in [0.2, 0.25) is 5.82 Å². The van der Waals surface area contributed by atoms with Crippen molar-refractivity contribution in [2.45, 2.75) is 0 Å². The maximum absolute atomic E-state index is 13.1. The van der Waals surface area contributed by atoms with E-state index >= 15 is 0 Å². The molecule has 0 amide bonds. The summed E-state index contributed by atoms with van der Waals surface area (Å²) in [6.45, 7) is 0.0799. The molecular formula is C7H3Br2FO3. The van der Waals surface area contributed by atoms with Gasteiger partial charge in [-0.05, 0) is 37.9 Å². The van der Waals surface area contributed by atoms with Crippen LogP contribution in [0.4, 0.5) is 4.39 Å². The molecule has 0 saturated heterocycles. The smallest absolute Gasteiger partial charge is 0.298 e. The molecule has 0 aliphatic heterocycles. The number of ether oxygens (including phenoxy) is 1. The quantitative estimate of drug-likeness (QED) is 0.854. The van der Waals surface area contributed by atoms with Crippen molar-refractivity contribution in [3.05, 3.63) is 20.8 Å². The van der Waals surface area contributed by atoms with Crippen LogP contribution >= 0.6 is 31.9 Å². The average molecular weight is 314 g/mol. The molecule has 0 fully saturated rings. The molecule has 70 valence electrons. The Morgan fingerprint density at radius 2 is 2.08 bits per heavy atom. The van der Waals surface area contributed by atoms with Crippen LogP contribution in [0.1, 0.15) is 0 Å². The van der Waals surface area contributed by atoms with Gasteiger partial charge in [-0.1, -0.05) is 0 Å². The van der Waals surface area contributed by atoms with E-state index < -0.39 is 11.6 Å². The monoisotopic (exact) mass is 312 g/mol. The first-order valence-corrected chi connectivity index (χ1v) is 4.63. The summed E-state index contributed by atoms with van der Waals surface area (Å²) in [5.41, 5.74) is 0. The number of halogens is 3. The van der Waals surface area contributed by atoms with Crippen LogP contribution in [0.15, 0.2) is 15.0 Å². The van der Waals surface area contributed by atoms with E-state index in [2.05, 4.69) is 36.6 Å². The topological polar surface area (TPSA) is 46.5 Å². The third-order valence-electron chi connectivity index (χ3n) is 1.27. The van der Waals surface area contributed by atoms with Gasteiger partial charge < -0.3 is 9.84 Å². The molecule has 3 nitrogen and oxygen atoms in total. The van der Waals surface area contributed by atoms with Crippen LogP contribution in [0.2, 0.25) is 0 Å². The summed E-state index contributed by atoms with van der Waals surface area (Å²) < 4.78 is 17.9. The van der Waals surface area contributed by atoms with Crippen LogP contribution in [0, 0.1) is 5.82 Å². The standard InChI is InChI=1S/C7H3Br2FO3/c8-3-1-4(9)7(13-2-11)5(10)6(3)12/h1-2,12H. The summed E-state index contributed by atoms with van der Waals surface area (Å²) in [6.07, 6.45) is 0. The second-order valence-electron chi connectivity index (χ2n) is 2.05. The zero-order chi connectivity index (χ0) is 10.0. The van der Waals surface area contributed by atoms with Crippen LogP contribution in [0.5, 0.6) is 11.5 Å². The van der Waals surface area contributed by atoms with E-state index in [1.807, 2.05) is 0 Å². The van der Waals surface area contributed by atoms with Gasteiger partial charge in [0.15, 0.2) is 11.5 Å². The van der Waals surface area contributed by atoms with E-state index in [-0.39, 0.29) is 21.2 Å². The van der Waals surface area contributed by atoms with Crippen molar-refractivity contribution in [2.24, 2.45) is 0 Å². The fraction of sp³-hybridized carbons (Fsp3) is 0. The molecule has 0 aromatic heterocycles. The Morgan fingerprint density at radius 3 is 2.62 bits per heavy atom. The molecule has 6 heteroatoms. The van der Waals surface area contributed by atoms with Crippen molar-refractivity contribution < 1.29 is 19.0 Å². The predicted octanol–water partition coefficient (Wildman–Crippen LogP) is 2.59. The molecule has 0 saturated carbocycles. The van der Waals surface area contributed by atoms with Crippen molar-refractivity contribution in [1.29, 1.82) is 0 Å². The highest BCUT2D eigenvalue weighted by atomic mass is 79.9. The summed E-state index contributed by atoms with van der Waals surface area (Å²) >= 11 is 5.89. The third kappa shape index (κ3) is 2.00. The van der Waals surface area contributed by atoms with Gasteiger partial charge in [-0.3, -0.25) is 4.79 Å². The Balaban J connectivity index is 3.34. The summed E-state index contributed by atoms with van der Waals surface area (Å²) in [7, 11) is 0. The molecule has 0 unspecified atom stereocenters. The lowest BCUT2D eigenvalue weighted by Gasteiger charge is -2.05. The molecule has 0 aliphatic rings. The van der Waals surface area contributed by atoms with Crippen molar-refractivity contribution in [1.82, 2.24) is 0 Å². The van der Waals surface area contributed by atoms with Gasteiger partial charge in [-0.25, -0.2) is 0 Å². The molecule has 0 atom stereocenters. The first-order chi connectivity index (χ1) is 6.07. The van der Waals surface area contributed by atoms with Gasteiger partial charge in [0.05, 0.1) is 8.95 Å². The third-order valence-corrected chi connectivity index (χ3v) is 2.46. The van der Waals surface area contributed by atoms with Crippen LogP contribution in [0.3, 0.4) is 0 Å². The van der Waals surface area contributed by atoms with E-state index in [1.54, 1.807) is 0 Å². The predicted molar refractivity (Wildman–Crippen MR) is 50.2 cm³/mol. The maximum atomic E-state index is 13.1. The fourth-order valence-corrected chi connectivity index (χ4v) is 1.93. The number of benzene rings is 1. The molecule has 0 heterocycles. The molecule has 1 rings (SSSR count). The van der Waals surface area contributed by atoms with Crippen LogP contribution in [-0.4, -0.2) is 11.6 Å². The largest absolute Gasteiger partial charge is 0.504 e. The number of phenolic OH excluding ortho intramolecular Hbond substituents is 1. The molecule has 13 heavy (non-hydrogen) atoms. The van der Waals surface area contributed by atoms with Crippen molar-refractivity contribution >= 4 is 38.3 Å². The van der Waals surface area contributed by atoms with Crippen molar-refractivity contribution in [3.63, 3.8) is 0 Å². The number of carbonyl (C=O) groups excluding carboxylic acids is 1. The van der Waals surface area contributed by atoms with E-state index in [0.29, 0.717) is 0 Å². The lowest BCUT2D eigenvalue weighted by atomic mass is 10.3. The summed E-state index contributed by atoms with van der Waals surface area (Å²) in [4.78, 5) is 9.97. The van der Waals surface area contributed by atoms with Gasteiger partial charge in [0, 0.05) is 0 Å². The van der Waals surface area contributed by atoms with Crippen molar-refractivity contribution in [3.8, 4) is 11.5 Å². The lowest BCUT2D eigenvalue weighted by molar-refractivity contribution is -0.120. The first-order valence-electron chi connectivity index (χ1n) is 3.04. The number of phenols is 1. The Hall–Kier alpha value is -0.620. The second-order valence-corrected chi connectivity index (χ2v) is 3.75. The molecule has 0 radical (unpaired) electrons. The fourth-order valence-electron chi connectivity index (χ4n) is 0.719. The van der Waals surface area contributed by atoms with Gasteiger partial charge in [0.1, 0.15) is 0 Å². The summed E-state index contributed by atoms with van der Waals surface area (Å²) in [5, 5.41) is 9.10. The summed E-state index contributed by atoms with van der Waals surface area (Å²) in [6, 6.07) is 1.37. The van der Waals surface area contributed by atoms with Crippen molar-refractivity contribution in [2.75, 3.05) is 0 Å². The number of aromatic hydroxyl groups is 1. The van der Waals surface area contributed by atoms with E-state index in [4.69, 9.17) is 5.11 Å². The van der Waals surface area contributed by atoms with Gasteiger partial charge in [0.25, 0.3) is 6.47 Å². The Labute approximate surface area is 89.8 Å². The van der Waals surface area contributed by atoms with E-state index in [9.17, 15) is 9.18 Å². The van der Waals surface area contributed by atoms with Gasteiger partial charge in [-0.15, -0.1) is 0 Å². The zero-order valence-corrected chi connectivity index (χ0v) is 9.22. The molecule has 1 N–H and O–H groups in total. The molecule has 1 aromatic rings. The zero-order valence-electron chi connectivity index (χ0n) is 6.05. The molecule has 0 bridgehead atoms. The minimum absolute atomic E-state index is 0.0799. The van der Waals surface area contributed by atoms with Crippen LogP contribution in [-0.2, 0) is 4.79 Å². The maximum Gasteiger partial charge on any atom is 0.298 e. The lowest BCUT2D eigenvalue weighted by Crippen LogP contribution is -1.94. The minimum atomic E-state index is -0.992. The van der Waals surface area contributed by atoms with Gasteiger partial charge in [-0.2, -0.15) is 4.39 Å². The second kappa shape index (κ2) is 4.06. The number of rotatable bonds is 2. The Morgan fingerprint density at radius 1 is 1.46 bits per heavy atom. The highest BCUT2D eigenvalue weighted by molar-refractivity contribution is 9.11. The number of hydrogen-bond donors (Lipinski definition) is 1.